The maximum absolute atomic E-state index is 12.9. The summed E-state index contributed by atoms with van der Waals surface area (Å²) in [6.07, 6.45) is 3.28. The van der Waals surface area contributed by atoms with E-state index < -0.39 is 0 Å². The van der Waals surface area contributed by atoms with Crippen molar-refractivity contribution in [3.05, 3.63) is 36.5 Å². The van der Waals surface area contributed by atoms with Gasteiger partial charge in [-0.05, 0) is 31.9 Å². The number of para-hydroxylation sites is 1. The molecule has 1 aromatic heterocycles. The number of nitrogens with zero attached hydrogens (tertiary/aromatic N) is 2. The molecule has 3 amide bonds. The Labute approximate surface area is 159 Å². The normalized spacial score (nSPS) is 19.7. The van der Waals surface area contributed by atoms with E-state index in [-0.39, 0.29) is 23.9 Å². The molecule has 2 heterocycles. The van der Waals surface area contributed by atoms with Gasteiger partial charge in [-0.3, -0.25) is 9.78 Å². The number of methoxy groups -OCH3 is 1. The number of ether oxygens (including phenoxy) is 1. The molecule has 2 aromatic rings. The number of anilines is 1. The molecule has 1 aliphatic rings. The van der Waals surface area contributed by atoms with E-state index in [0.29, 0.717) is 25.4 Å². The number of carbonyl (C=O) groups is 2. The topological polar surface area (TPSA) is 83.6 Å². The molecular formula is C20H26N4O3. The van der Waals surface area contributed by atoms with Crippen molar-refractivity contribution in [1.29, 1.82) is 0 Å². The number of hydrogen-bond acceptors (Lipinski definition) is 4. The van der Waals surface area contributed by atoms with Crippen LogP contribution in [0.5, 0.6) is 0 Å². The van der Waals surface area contributed by atoms with Crippen LogP contribution in [0.3, 0.4) is 0 Å². The molecule has 27 heavy (non-hydrogen) atoms. The second kappa shape index (κ2) is 8.81. The van der Waals surface area contributed by atoms with Gasteiger partial charge >= 0.3 is 6.03 Å². The van der Waals surface area contributed by atoms with Crippen molar-refractivity contribution >= 4 is 28.5 Å². The summed E-state index contributed by atoms with van der Waals surface area (Å²) in [6.45, 7) is 3.38. The maximum Gasteiger partial charge on any atom is 0.322 e. The second-order valence-corrected chi connectivity index (χ2v) is 6.87. The van der Waals surface area contributed by atoms with Crippen molar-refractivity contribution in [2.45, 2.75) is 25.8 Å². The SMILES string of the molecule is COCCNC(=O)[C@H]1CC[C@@H](C)N(C(=O)Nc2cccc3cccnc23)C1. The molecule has 0 spiro atoms. The Morgan fingerprint density at radius 3 is 2.89 bits per heavy atom. The number of rotatable bonds is 5. The number of urea groups is 1. The van der Waals surface area contributed by atoms with Crippen molar-refractivity contribution in [3.8, 4) is 0 Å². The average Bonchev–Trinajstić information content (AvgIpc) is 2.68. The number of hydrogen-bond donors (Lipinski definition) is 2. The van der Waals surface area contributed by atoms with Crippen LogP contribution >= 0.6 is 0 Å². The fourth-order valence-electron chi connectivity index (χ4n) is 3.42. The first-order chi connectivity index (χ1) is 13.1. The Bertz CT molecular complexity index is 805. The number of piperidine rings is 1. The van der Waals surface area contributed by atoms with E-state index in [2.05, 4.69) is 15.6 Å². The molecule has 2 atom stereocenters. The van der Waals surface area contributed by atoms with Gasteiger partial charge in [0, 0.05) is 37.8 Å². The number of fused-ring (bicyclic) bond motifs is 1. The Morgan fingerprint density at radius 1 is 1.26 bits per heavy atom. The number of likely N-dealkylation sites (tertiary alicyclic amines) is 1. The van der Waals surface area contributed by atoms with Crippen molar-refractivity contribution in [2.75, 3.05) is 32.1 Å². The lowest BCUT2D eigenvalue weighted by Gasteiger charge is -2.37. The highest BCUT2D eigenvalue weighted by Gasteiger charge is 2.32. The Kier molecular flexibility index (Phi) is 6.24. The van der Waals surface area contributed by atoms with Crippen LogP contribution in [-0.2, 0) is 9.53 Å². The smallest absolute Gasteiger partial charge is 0.322 e. The van der Waals surface area contributed by atoms with Gasteiger partial charge in [0.25, 0.3) is 0 Å². The summed E-state index contributed by atoms with van der Waals surface area (Å²) in [5.41, 5.74) is 1.43. The summed E-state index contributed by atoms with van der Waals surface area (Å²) in [7, 11) is 1.60. The van der Waals surface area contributed by atoms with Gasteiger partial charge in [-0.2, -0.15) is 0 Å². The van der Waals surface area contributed by atoms with Crippen molar-refractivity contribution in [1.82, 2.24) is 15.2 Å². The van der Waals surface area contributed by atoms with Crippen LogP contribution in [0.25, 0.3) is 10.9 Å². The third kappa shape index (κ3) is 4.54. The van der Waals surface area contributed by atoms with E-state index in [1.807, 2.05) is 37.3 Å². The molecule has 144 valence electrons. The summed E-state index contributed by atoms with van der Waals surface area (Å²) < 4.78 is 4.96. The first-order valence-corrected chi connectivity index (χ1v) is 9.28. The van der Waals surface area contributed by atoms with Gasteiger partial charge in [-0.1, -0.05) is 18.2 Å². The molecule has 7 nitrogen and oxygen atoms in total. The molecule has 0 aliphatic carbocycles. The molecule has 0 unspecified atom stereocenters. The molecule has 1 saturated heterocycles. The van der Waals surface area contributed by atoms with Crippen LogP contribution in [0.1, 0.15) is 19.8 Å². The van der Waals surface area contributed by atoms with E-state index in [4.69, 9.17) is 4.74 Å². The van der Waals surface area contributed by atoms with Gasteiger partial charge in [-0.25, -0.2) is 4.79 Å². The van der Waals surface area contributed by atoms with Gasteiger partial charge in [0.1, 0.15) is 0 Å². The van der Waals surface area contributed by atoms with Gasteiger partial charge < -0.3 is 20.3 Å². The van der Waals surface area contributed by atoms with Gasteiger partial charge in [0.15, 0.2) is 0 Å². The van der Waals surface area contributed by atoms with Crippen molar-refractivity contribution in [3.63, 3.8) is 0 Å². The highest BCUT2D eigenvalue weighted by molar-refractivity contribution is 5.99. The zero-order chi connectivity index (χ0) is 19.2. The van der Waals surface area contributed by atoms with E-state index >= 15 is 0 Å². The number of carbonyl (C=O) groups excluding carboxylic acids is 2. The monoisotopic (exact) mass is 370 g/mol. The Morgan fingerprint density at radius 2 is 2.07 bits per heavy atom. The Hall–Kier alpha value is -2.67. The Balaban J connectivity index is 1.68. The lowest BCUT2D eigenvalue weighted by atomic mass is 9.93. The molecule has 7 heteroatoms. The summed E-state index contributed by atoms with van der Waals surface area (Å²) in [5.74, 6) is -0.224. The minimum atomic E-state index is -0.200. The molecule has 2 N–H and O–H groups in total. The van der Waals surface area contributed by atoms with Crippen molar-refractivity contribution in [2.24, 2.45) is 5.92 Å². The molecule has 1 aliphatic heterocycles. The minimum Gasteiger partial charge on any atom is -0.383 e. The third-order valence-corrected chi connectivity index (χ3v) is 4.99. The van der Waals surface area contributed by atoms with Crippen molar-refractivity contribution < 1.29 is 14.3 Å². The number of amides is 3. The standard InChI is InChI=1S/C20H26N4O3/c1-14-8-9-16(19(25)22-11-12-27-2)13-24(14)20(26)23-17-7-3-5-15-6-4-10-21-18(15)17/h3-7,10,14,16H,8-9,11-13H2,1-2H3,(H,22,25)(H,23,26)/t14-,16+/m1/s1. The minimum absolute atomic E-state index is 0.0245. The van der Waals surface area contributed by atoms with Crippen LogP contribution in [0, 0.1) is 5.92 Å². The fourth-order valence-corrected chi connectivity index (χ4v) is 3.42. The number of benzene rings is 1. The van der Waals surface area contributed by atoms with Crippen LogP contribution in [0.15, 0.2) is 36.5 Å². The highest BCUT2D eigenvalue weighted by atomic mass is 16.5. The number of pyridine rings is 1. The molecule has 1 fully saturated rings. The fraction of sp³-hybridized carbons (Fsp3) is 0.450. The largest absolute Gasteiger partial charge is 0.383 e. The van der Waals surface area contributed by atoms with Gasteiger partial charge in [0.2, 0.25) is 5.91 Å². The predicted molar refractivity (Wildman–Crippen MR) is 105 cm³/mol. The van der Waals surface area contributed by atoms with E-state index in [1.54, 1.807) is 18.2 Å². The average molecular weight is 370 g/mol. The van der Waals surface area contributed by atoms with E-state index in [9.17, 15) is 9.59 Å². The first kappa shape index (κ1) is 19.1. The number of aromatic nitrogens is 1. The zero-order valence-corrected chi connectivity index (χ0v) is 15.8. The van der Waals surface area contributed by atoms with E-state index in [1.165, 1.54) is 0 Å². The molecule has 1 aromatic carbocycles. The van der Waals surface area contributed by atoms with E-state index in [0.717, 1.165) is 23.7 Å². The van der Waals surface area contributed by atoms with Gasteiger partial charge in [-0.15, -0.1) is 0 Å². The molecule has 0 radical (unpaired) electrons. The van der Waals surface area contributed by atoms with Crippen LogP contribution in [0.4, 0.5) is 10.5 Å². The van der Waals surface area contributed by atoms with Crippen LogP contribution < -0.4 is 10.6 Å². The quantitative estimate of drug-likeness (QED) is 0.793. The summed E-state index contributed by atoms with van der Waals surface area (Å²) in [6, 6.07) is 9.41. The summed E-state index contributed by atoms with van der Waals surface area (Å²) in [5, 5.41) is 6.81. The zero-order valence-electron chi connectivity index (χ0n) is 15.8. The highest BCUT2D eigenvalue weighted by Crippen LogP contribution is 2.25. The third-order valence-electron chi connectivity index (χ3n) is 4.99. The molecule has 0 saturated carbocycles. The maximum atomic E-state index is 12.9. The summed E-state index contributed by atoms with van der Waals surface area (Å²) >= 11 is 0. The lowest BCUT2D eigenvalue weighted by molar-refractivity contribution is -0.126. The molecular weight excluding hydrogens is 344 g/mol. The first-order valence-electron chi connectivity index (χ1n) is 9.28. The molecule has 0 bridgehead atoms. The second-order valence-electron chi connectivity index (χ2n) is 6.87. The summed E-state index contributed by atoms with van der Waals surface area (Å²) in [4.78, 5) is 31.3. The van der Waals surface area contributed by atoms with Crippen LogP contribution in [0.2, 0.25) is 0 Å². The molecule has 3 rings (SSSR count). The van der Waals surface area contributed by atoms with Crippen LogP contribution in [-0.4, -0.2) is 54.7 Å². The van der Waals surface area contributed by atoms with Gasteiger partial charge in [0.05, 0.1) is 23.7 Å². The number of nitrogens with one attached hydrogen (secondary N) is 2. The predicted octanol–water partition coefficient (Wildman–Crippen LogP) is 2.63. The lowest BCUT2D eigenvalue weighted by Crippen LogP contribution is -2.51.